The lowest BCUT2D eigenvalue weighted by Gasteiger charge is -2.50. The standard InChI is InChI=1S/C14H25N5O3S/c1-4-5-6-9-16-11-10(12(17-9)23-7-8(15)20)13(21)19(3)14(22)18(11)2/h9-12,16-17H,4-7H2,1-3H3,(H2,15,20). The number of hydrogen-bond acceptors (Lipinski definition) is 6. The predicted octanol–water partition coefficient (Wildman–Crippen LogP) is -0.294. The van der Waals surface area contributed by atoms with Gasteiger partial charge in [-0.25, -0.2) is 4.79 Å². The SMILES string of the molecule is CCCCC1NC(SCC(N)=O)C2C(=O)N(C)C(=O)N(C)C2N1. The number of imide groups is 1. The van der Waals surface area contributed by atoms with Gasteiger partial charge in [0.05, 0.1) is 29.4 Å². The highest BCUT2D eigenvalue weighted by Crippen LogP contribution is 2.31. The Hall–Kier alpha value is -1.32. The summed E-state index contributed by atoms with van der Waals surface area (Å²) in [6, 6.07) is -0.321. The summed E-state index contributed by atoms with van der Waals surface area (Å²) >= 11 is 1.33. The van der Waals surface area contributed by atoms with Gasteiger partial charge in [0.15, 0.2) is 0 Å². The van der Waals surface area contributed by atoms with Crippen molar-refractivity contribution in [2.24, 2.45) is 11.7 Å². The number of urea groups is 1. The highest BCUT2D eigenvalue weighted by molar-refractivity contribution is 8.00. The molecule has 4 amide bonds. The van der Waals surface area contributed by atoms with Crippen molar-refractivity contribution in [3.8, 4) is 0 Å². The first-order valence-electron chi connectivity index (χ1n) is 7.83. The molecule has 23 heavy (non-hydrogen) atoms. The first-order chi connectivity index (χ1) is 10.9. The molecule has 0 spiro atoms. The molecule has 130 valence electrons. The maximum absolute atomic E-state index is 12.6. The van der Waals surface area contributed by atoms with Crippen LogP contribution in [-0.4, -0.2) is 65.2 Å². The minimum Gasteiger partial charge on any atom is -0.369 e. The molecule has 0 bridgehead atoms. The molecule has 0 saturated carbocycles. The summed E-state index contributed by atoms with van der Waals surface area (Å²) in [5, 5.41) is 6.48. The van der Waals surface area contributed by atoms with Crippen LogP contribution in [0, 0.1) is 5.92 Å². The van der Waals surface area contributed by atoms with Crippen molar-refractivity contribution in [1.82, 2.24) is 20.4 Å². The highest BCUT2D eigenvalue weighted by Gasteiger charge is 2.50. The van der Waals surface area contributed by atoms with Gasteiger partial charge in [0.1, 0.15) is 0 Å². The molecule has 2 saturated heterocycles. The van der Waals surface area contributed by atoms with Crippen molar-refractivity contribution >= 4 is 29.6 Å². The van der Waals surface area contributed by atoms with Crippen LogP contribution in [0.2, 0.25) is 0 Å². The normalized spacial score (nSPS) is 31.3. The van der Waals surface area contributed by atoms with Crippen molar-refractivity contribution in [3.05, 3.63) is 0 Å². The number of nitrogens with one attached hydrogen (secondary N) is 2. The van der Waals surface area contributed by atoms with Crippen LogP contribution in [0.15, 0.2) is 0 Å². The Labute approximate surface area is 140 Å². The Morgan fingerprint density at radius 2 is 2.00 bits per heavy atom. The fourth-order valence-corrected chi connectivity index (χ4v) is 4.09. The molecule has 4 atom stereocenters. The predicted molar refractivity (Wildman–Crippen MR) is 88.2 cm³/mol. The van der Waals surface area contributed by atoms with E-state index in [0.717, 1.165) is 24.2 Å². The van der Waals surface area contributed by atoms with E-state index in [4.69, 9.17) is 5.73 Å². The lowest BCUT2D eigenvalue weighted by atomic mass is 9.96. The van der Waals surface area contributed by atoms with Crippen molar-refractivity contribution in [2.75, 3.05) is 19.8 Å². The molecule has 0 aliphatic carbocycles. The summed E-state index contributed by atoms with van der Waals surface area (Å²) in [5.74, 6) is -0.979. The Balaban J connectivity index is 2.21. The Morgan fingerprint density at radius 1 is 1.30 bits per heavy atom. The maximum Gasteiger partial charge on any atom is 0.327 e. The molecule has 0 aromatic heterocycles. The summed E-state index contributed by atoms with van der Waals surface area (Å²) in [6.07, 6.45) is 2.59. The molecule has 2 aliphatic heterocycles. The summed E-state index contributed by atoms with van der Waals surface area (Å²) in [5.41, 5.74) is 5.24. The third-order valence-electron chi connectivity index (χ3n) is 4.28. The van der Waals surface area contributed by atoms with Crippen LogP contribution in [0.5, 0.6) is 0 Å². The van der Waals surface area contributed by atoms with Gasteiger partial charge in [0, 0.05) is 14.1 Å². The average Bonchev–Trinajstić information content (AvgIpc) is 2.53. The summed E-state index contributed by atoms with van der Waals surface area (Å²) in [7, 11) is 3.17. The van der Waals surface area contributed by atoms with E-state index in [1.165, 1.54) is 18.8 Å². The number of primary amides is 1. The van der Waals surface area contributed by atoms with Gasteiger partial charge >= 0.3 is 6.03 Å². The molecule has 2 rings (SSSR count). The van der Waals surface area contributed by atoms with Crippen LogP contribution in [0.25, 0.3) is 0 Å². The molecule has 4 N–H and O–H groups in total. The van der Waals surface area contributed by atoms with Crippen LogP contribution < -0.4 is 16.4 Å². The van der Waals surface area contributed by atoms with E-state index in [1.54, 1.807) is 11.9 Å². The lowest BCUT2D eigenvalue weighted by molar-refractivity contribution is -0.140. The number of rotatable bonds is 6. The van der Waals surface area contributed by atoms with Gasteiger partial charge in [-0.15, -0.1) is 11.8 Å². The van der Waals surface area contributed by atoms with Crippen LogP contribution in [0.4, 0.5) is 4.79 Å². The zero-order valence-corrected chi connectivity index (χ0v) is 14.6. The Bertz CT molecular complexity index is 489. The summed E-state index contributed by atoms with van der Waals surface area (Å²) in [4.78, 5) is 38.5. The Morgan fingerprint density at radius 3 is 2.61 bits per heavy atom. The van der Waals surface area contributed by atoms with E-state index < -0.39 is 11.8 Å². The second-order valence-electron chi connectivity index (χ2n) is 5.99. The first-order valence-corrected chi connectivity index (χ1v) is 8.88. The largest absolute Gasteiger partial charge is 0.369 e. The highest BCUT2D eigenvalue weighted by atomic mass is 32.2. The number of nitrogens with zero attached hydrogens (tertiary/aromatic N) is 2. The molecule has 8 nitrogen and oxygen atoms in total. The lowest BCUT2D eigenvalue weighted by Crippen LogP contribution is -2.74. The van der Waals surface area contributed by atoms with Crippen molar-refractivity contribution < 1.29 is 14.4 Å². The molecule has 0 aromatic rings. The number of unbranched alkanes of at least 4 members (excludes halogenated alkanes) is 1. The quantitative estimate of drug-likeness (QED) is 0.611. The summed E-state index contributed by atoms with van der Waals surface area (Å²) in [6.45, 7) is 2.11. The van der Waals surface area contributed by atoms with E-state index in [2.05, 4.69) is 17.6 Å². The number of fused-ring (bicyclic) bond motifs is 1. The van der Waals surface area contributed by atoms with E-state index in [-0.39, 0.29) is 35.4 Å². The van der Waals surface area contributed by atoms with E-state index in [0.29, 0.717) is 0 Å². The van der Waals surface area contributed by atoms with Gasteiger partial charge in [-0.1, -0.05) is 19.8 Å². The van der Waals surface area contributed by atoms with Gasteiger partial charge in [-0.05, 0) is 6.42 Å². The monoisotopic (exact) mass is 343 g/mol. The van der Waals surface area contributed by atoms with Crippen molar-refractivity contribution in [2.45, 2.75) is 43.9 Å². The minimum absolute atomic E-state index is 0.00645. The molecule has 2 fully saturated rings. The molecule has 0 aromatic carbocycles. The number of hydrogen-bond donors (Lipinski definition) is 3. The number of thioether (sulfide) groups is 1. The molecular formula is C14H25N5O3S. The topological polar surface area (TPSA) is 108 Å². The molecule has 0 radical (unpaired) electrons. The zero-order valence-electron chi connectivity index (χ0n) is 13.7. The van der Waals surface area contributed by atoms with Crippen LogP contribution >= 0.6 is 11.8 Å². The van der Waals surface area contributed by atoms with Gasteiger partial charge in [0.25, 0.3) is 0 Å². The number of nitrogens with two attached hydrogens (primary N) is 1. The Kier molecular flexibility index (Phi) is 5.88. The second-order valence-corrected chi connectivity index (χ2v) is 7.12. The van der Waals surface area contributed by atoms with Crippen LogP contribution in [0.1, 0.15) is 26.2 Å². The van der Waals surface area contributed by atoms with Gasteiger partial charge in [-0.3, -0.25) is 25.1 Å². The van der Waals surface area contributed by atoms with Crippen molar-refractivity contribution in [3.63, 3.8) is 0 Å². The first kappa shape index (κ1) is 18.0. The minimum atomic E-state index is -0.454. The fraction of sp³-hybridized carbons (Fsp3) is 0.786. The fourth-order valence-electron chi connectivity index (χ4n) is 3.01. The molecule has 2 aliphatic rings. The molecule has 9 heteroatoms. The van der Waals surface area contributed by atoms with Gasteiger partial charge in [0.2, 0.25) is 11.8 Å². The third-order valence-corrected chi connectivity index (χ3v) is 5.52. The molecule has 2 heterocycles. The van der Waals surface area contributed by atoms with Crippen molar-refractivity contribution in [1.29, 1.82) is 0 Å². The third kappa shape index (κ3) is 3.78. The zero-order chi connectivity index (χ0) is 17.1. The van der Waals surface area contributed by atoms with E-state index in [1.807, 2.05) is 0 Å². The summed E-state index contributed by atoms with van der Waals surface area (Å²) < 4.78 is 0. The van der Waals surface area contributed by atoms with Gasteiger partial charge < -0.3 is 10.6 Å². The molecule has 4 unspecified atom stereocenters. The van der Waals surface area contributed by atoms with Crippen LogP contribution in [-0.2, 0) is 9.59 Å². The van der Waals surface area contributed by atoms with E-state index >= 15 is 0 Å². The second kappa shape index (κ2) is 7.50. The van der Waals surface area contributed by atoms with E-state index in [9.17, 15) is 14.4 Å². The number of carbonyl (C=O) groups is 3. The van der Waals surface area contributed by atoms with Gasteiger partial charge in [-0.2, -0.15) is 0 Å². The number of amides is 4. The molecular weight excluding hydrogens is 318 g/mol. The van der Waals surface area contributed by atoms with Crippen LogP contribution in [0.3, 0.4) is 0 Å². The number of carbonyl (C=O) groups excluding carboxylic acids is 3. The average molecular weight is 343 g/mol. The smallest absolute Gasteiger partial charge is 0.327 e. The maximum atomic E-state index is 12.6.